The summed E-state index contributed by atoms with van der Waals surface area (Å²) in [6.45, 7) is 5.34. The van der Waals surface area contributed by atoms with Gasteiger partial charge in [-0.15, -0.1) is 0 Å². The summed E-state index contributed by atoms with van der Waals surface area (Å²) < 4.78 is 1.83. The monoisotopic (exact) mass is 281 g/mol. The van der Waals surface area contributed by atoms with Crippen molar-refractivity contribution in [2.24, 2.45) is 5.73 Å². The second kappa shape index (κ2) is 5.54. The number of fused-ring (bicyclic) bond motifs is 1. The number of hydrogen-bond acceptors (Lipinski definition) is 4. The van der Waals surface area contributed by atoms with Crippen molar-refractivity contribution in [1.82, 2.24) is 14.6 Å². The summed E-state index contributed by atoms with van der Waals surface area (Å²) in [6.07, 6.45) is 0. The van der Waals surface area contributed by atoms with Crippen LogP contribution in [-0.2, 0) is 0 Å². The smallest absolute Gasteiger partial charge is 0.158 e. The minimum atomic E-state index is 0.578. The maximum Gasteiger partial charge on any atom is 0.158 e. The van der Waals surface area contributed by atoms with Crippen molar-refractivity contribution >= 4 is 11.5 Å². The van der Waals surface area contributed by atoms with E-state index in [-0.39, 0.29) is 0 Å². The van der Waals surface area contributed by atoms with Gasteiger partial charge in [-0.3, -0.25) is 0 Å². The first-order valence-corrected chi connectivity index (χ1v) is 7.06. The Morgan fingerprint density at radius 1 is 1.14 bits per heavy atom. The molecule has 0 amide bonds. The molecule has 0 saturated heterocycles. The lowest BCUT2D eigenvalue weighted by atomic mass is 10.1. The molecule has 3 rings (SSSR count). The van der Waals surface area contributed by atoms with Crippen molar-refractivity contribution in [3.05, 3.63) is 47.7 Å². The quantitative estimate of drug-likeness (QED) is 0.770. The molecule has 0 aliphatic heterocycles. The van der Waals surface area contributed by atoms with Crippen molar-refractivity contribution in [3.8, 4) is 11.3 Å². The zero-order chi connectivity index (χ0) is 14.8. The Morgan fingerprint density at radius 2 is 1.90 bits per heavy atom. The van der Waals surface area contributed by atoms with E-state index in [9.17, 15) is 0 Å². The summed E-state index contributed by atoms with van der Waals surface area (Å²) >= 11 is 0. The Morgan fingerprint density at radius 3 is 2.62 bits per heavy atom. The number of rotatable bonds is 4. The standard InChI is InChI=1S/C16H19N5/c1-11-3-5-13(6-4-11)14-10-16-19-12(2)9-15(18-8-7-17)21(16)20-14/h3-6,9-10,18H,7-8,17H2,1-2H3. The molecule has 0 spiro atoms. The zero-order valence-corrected chi connectivity index (χ0v) is 12.3. The Kier molecular flexibility index (Phi) is 3.58. The lowest BCUT2D eigenvalue weighted by molar-refractivity contribution is 0.911. The van der Waals surface area contributed by atoms with Crippen LogP contribution in [0.4, 0.5) is 5.82 Å². The van der Waals surface area contributed by atoms with E-state index in [1.165, 1.54) is 5.56 Å². The number of aryl methyl sites for hydroxylation is 2. The van der Waals surface area contributed by atoms with Gasteiger partial charge in [-0.2, -0.15) is 9.61 Å². The average Bonchev–Trinajstić information content (AvgIpc) is 2.89. The highest BCUT2D eigenvalue weighted by atomic mass is 15.3. The summed E-state index contributed by atoms with van der Waals surface area (Å²) in [5, 5.41) is 7.94. The predicted octanol–water partition coefficient (Wildman–Crippen LogP) is 2.38. The maximum absolute atomic E-state index is 5.56. The van der Waals surface area contributed by atoms with Crippen LogP contribution < -0.4 is 11.1 Å². The predicted molar refractivity (Wildman–Crippen MR) is 85.4 cm³/mol. The molecule has 0 aliphatic rings. The van der Waals surface area contributed by atoms with Gasteiger partial charge in [0.1, 0.15) is 5.82 Å². The highest BCUT2D eigenvalue weighted by Gasteiger charge is 2.09. The van der Waals surface area contributed by atoms with Crippen LogP contribution in [0.3, 0.4) is 0 Å². The van der Waals surface area contributed by atoms with E-state index in [4.69, 9.17) is 5.73 Å². The topological polar surface area (TPSA) is 68.2 Å². The summed E-state index contributed by atoms with van der Waals surface area (Å²) in [4.78, 5) is 4.54. The van der Waals surface area contributed by atoms with Crippen LogP contribution in [0.1, 0.15) is 11.3 Å². The third kappa shape index (κ3) is 2.73. The summed E-state index contributed by atoms with van der Waals surface area (Å²) in [5.41, 5.74) is 10.6. The van der Waals surface area contributed by atoms with Crippen LogP contribution in [0, 0.1) is 13.8 Å². The fourth-order valence-electron chi connectivity index (χ4n) is 2.29. The molecule has 0 aliphatic carbocycles. The van der Waals surface area contributed by atoms with E-state index >= 15 is 0 Å². The number of nitrogens with one attached hydrogen (secondary N) is 1. The number of aromatic nitrogens is 3. The van der Waals surface area contributed by atoms with Gasteiger partial charge >= 0.3 is 0 Å². The van der Waals surface area contributed by atoms with Crippen molar-refractivity contribution in [1.29, 1.82) is 0 Å². The molecule has 0 bridgehead atoms. The molecular formula is C16H19N5. The highest BCUT2D eigenvalue weighted by Crippen LogP contribution is 2.22. The third-order valence-corrected chi connectivity index (χ3v) is 3.35. The number of hydrogen-bond donors (Lipinski definition) is 2. The van der Waals surface area contributed by atoms with Crippen molar-refractivity contribution in [2.75, 3.05) is 18.4 Å². The molecule has 0 fully saturated rings. The Hall–Kier alpha value is -2.40. The molecule has 3 aromatic rings. The lowest BCUT2D eigenvalue weighted by Crippen LogP contribution is -2.15. The van der Waals surface area contributed by atoms with Crippen LogP contribution in [0.2, 0.25) is 0 Å². The van der Waals surface area contributed by atoms with E-state index in [0.717, 1.165) is 28.4 Å². The van der Waals surface area contributed by atoms with Gasteiger partial charge in [-0.1, -0.05) is 29.8 Å². The number of anilines is 1. The van der Waals surface area contributed by atoms with Gasteiger partial charge in [0.05, 0.1) is 5.69 Å². The van der Waals surface area contributed by atoms with Gasteiger partial charge in [-0.25, -0.2) is 4.98 Å². The van der Waals surface area contributed by atoms with E-state index in [0.29, 0.717) is 13.1 Å². The van der Waals surface area contributed by atoms with Crippen LogP contribution in [0.25, 0.3) is 16.9 Å². The molecule has 21 heavy (non-hydrogen) atoms. The molecule has 0 atom stereocenters. The SMILES string of the molecule is Cc1ccc(-c2cc3nc(C)cc(NCCN)n3n2)cc1. The summed E-state index contributed by atoms with van der Waals surface area (Å²) in [5.74, 6) is 0.918. The second-order valence-electron chi connectivity index (χ2n) is 5.16. The largest absolute Gasteiger partial charge is 0.369 e. The molecule has 0 radical (unpaired) electrons. The molecular weight excluding hydrogens is 262 g/mol. The molecule has 0 saturated carbocycles. The molecule has 3 N–H and O–H groups in total. The zero-order valence-electron chi connectivity index (χ0n) is 12.3. The second-order valence-corrected chi connectivity index (χ2v) is 5.16. The number of nitrogens with two attached hydrogens (primary N) is 1. The first kappa shape index (κ1) is 13.6. The molecule has 2 heterocycles. The fourth-order valence-corrected chi connectivity index (χ4v) is 2.29. The van der Waals surface area contributed by atoms with Gasteiger partial charge < -0.3 is 11.1 Å². The lowest BCUT2D eigenvalue weighted by Gasteiger charge is -2.07. The minimum Gasteiger partial charge on any atom is -0.369 e. The van der Waals surface area contributed by atoms with Crippen LogP contribution in [0.15, 0.2) is 36.4 Å². The maximum atomic E-state index is 5.56. The molecule has 5 heteroatoms. The Bertz CT molecular complexity index is 758. The third-order valence-electron chi connectivity index (χ3n) is 3.35. The molecule has 5 nitrogen and oxygen atoms in total. The molecule has 108 valence electrons. The van der Waals surface area contributed by atoms with Crippen molar-refractivity contribution in [3.63, 3.8) is 0 Å². The van der Waals surface area contributed by atoms with Crippen LogP contribution in [0.5, 0.6) is 0 Å². The van der Waals surface area contributed by atoms with Gasteiger partial charge in [-0.05, 0) is 13.8 Å². The first-order chi connectivity index (χ1) is 10.2. The minimum absolute atomic E-state index is 0.578. The normalized spacial score (nSPS) is 11.0. The number of nitrogens with zero attached hydrogens (tertiary/aromatic N) is 3. The van der Waals surface area contributed by atoms with E-state index in [1.807, 2.05) is 23.6 Å². The molecule has 2 aromatic heterocycles. The highest BCUT2D eigenvalue weighted by molar-refractivity contribution is 5.66. The van der Waals surface area contributed by atoms with E-state index in [1.54, 1.807) is 0 Å². The Balaban J connectivity index is 2.08. The first-order valence-electron chi connectivity index (χ1n) is 7.06. The van der Waals surface area contributed by atoms with Gasteiger partial charge in [0.2, 0.25) is 0 Å². The van der Waals surface area contributed by atoms with Gasteiger partial charge in [0.25, 0.3) is 0 Å². The van der Waals surface area contributed by atoms with Gasteiger partial charge in [0, 0.05) is 36.5 Å². The average molecular weight is 281 g/mol. The van der Waals surface area contributed by atoms with E-state index < -0.39 is 0 Å². The van der Waals surface area contributed by atoms with Crippen LogP contribution >= 0.6 is 0 Å². The fraction of sp³-hybridized carbons (Fsp3) is 0.250. The van der Waals surface area contributed by atoms with Crippen LogP contribution in [-0.4, -0.2) is 27.7 Å². The van der Waals surface area contributed by atoms with E-state index in [2.05, 4.69) is 46.6 Å². The molecule has 1 aromatic carbocycles. The van der Waals surface area contributed by atoms with Gasteiger partial charge in [0.15, 0.2) is 5.65 Å². The van der Waals surface area contributed by atoms with Crippen molar-refractivity contribution < 1.29 is 0 Å². The number of benzene rings is 1. The summed E-state index contributed by atoms with van der Waals surface area (Å²) in [6, 6.07) is 12.3. The summed E-state index contributed by atoms with van der Waals surface area (Å²) in [7, 11) is 0. The van der Waals surface area contributed by atoms with Crippen molar-refractivity contribution in [2.45, 2.75) is 13.8 Å². The Labute approximate surface area is 123 Å². The molecule has 0 unspecified atom stereocenters.